The van der Waals surface area contributed by atoms with Crippen LogP contribution in [-0.2, 0) is 26.5 Å². The molecule has 0 saturated heterocycles. The average Bonchev–Trinajstić information content (AvgIpc) is 3.45. The van der Waals surface area contributed by atoms with Gasteiger partial charge in [0.1, 0.15) is 5.78 Å². The van der Waals surface area contributed by atoms with E-state index in [0.717, 1.165) is 46.4 Å². The van der Waals surface area contributed by atoms with Gasteiger partial charge < -0.3 is 9.47 Å². The molecule has 0 N–H and O–H groups in total. The van der Waals surface area contributed by atoms with E-state index in [4.69, 9.17) is 9.47 Å². The lowest BCUT2D eigenvalue weighted by Crippen LogP contribution is -2.22. The summed E-state index contributed by atoms with van der Waals surface area (Å²) in [5, 5.41) is 0. The van der Waals surface area contributed by atoms with Crippen LogP contribution in [0, 0.1) is 6.92 Å². The van der Waals surface area contributed by atoms with Crippen LogP contribution >= 0.6 is 0 Å². The summed E-state index contributed by atoms with van der Waals surface area (Å²) >= 11 is 0. The third kappa shape index (κ3) is 3.69. The van der Waals surface area contributed by atoms with Gasteiger partial charge in [-0.1, -0.05) is 36.4 Å². The Morgan fingerprint density at radius 3 is 2.28 bits per heavy atom. The molecule has 0 amide bonds. The van der Waals surface area contributed by atoms with Crippen molar-refractivity contribution in [1.29, 1.82) is 0 Å². The van der Waals surface area contributed by atoms with Crippen molar-refractivity contribution >= 4 is 15.6 Å². The van der Waals surface area contributed by atoms with Crippen LogP contribution in [0.25, 0.3) is 11.1 Å². The van der Waals surface area contributed by atoms with E-state index in [-0.39, 0.29) is 12.6 Å². The Balaban J connectivity index is 1.40. The van der Waals surface area contributed by atoms with E-state index in [0.29, 0.717) is 17.1 Å². The van der Waals surface area contributed by atoms with Crippen LogP contribution < -0.4 is 9.47 Å². The van der Waals surface area contributed by atoms with E-state index in [1.807, 2.05) is 55.5 Å². The summed E-state index contributed by atoms with van der Waals surface area (Å²) in [6.07, 6.45) is 3.25. The largest absolute Gasteiger partial charge is 0.454 e. The third-order valence-corrected chi connectivity index (χ3v) is 7.65. The quantitative estimate of drug-likeness (QED) is 0.550. The minimum atomic E-state index is -3.23. The number of fused-ring (bicyclic) bond motifs is 1. The van der Waals surface area contributed by atoms with Gasteiger partial charge in [-0.25, -0.2) is 8.42 Å². The van der Waals surface area contributed by atoms with Crippen LogP contribution in [0.3, 0.4) is 0 Å². The zero-order valence-electron chi connectivity index (χ0n) is 18.1. The van der Waals surface area contributed by atoms with Gasteiger partial charge in [-0.3, -0.25) is 4.79 Å². The van der Waals surface area contributed by atoms with Gasteiger partial charge in [-0.15, -0.1) is 0 Å². The van der Waals surface area contributed by atoms with E-state index in [2.05, 4.69) is 0 Å². The Morgan fingerprint density at radius 2 is 1.59 bits per heavy atom. The monoisotopic (exact) mass is 448 g/mol. The third-order valence-electron chi connectivity index (χ3n) is 6.52. The second-order valence-corrected chi connectivity index (χ2v) is 10.7. The Kier molecular flexibility index (Phi) is 4.86. The lowest BCUT2D eigenvalue weighted by molar-refractivity contribution is -0.120. The average molecular weight is 449 g/mol. The fourth-order valence-electron chi connectivity index (χ4n) is 4.33. The number of ether oxygens (including phenoxy) is 2. The molecule has 0 radical (unpaired) electrons. The van der Waals surface area contributed by atoms with Gasteiger partial charge >= 0.3 is 0 Å². The normalized spacial score (nSPS) is 16.1. The molecule has 2 aliphatic rings. The first-order chi connectivity index (χ1) is 15.3. The minimum Gasteiger partial charge on any atom is -0.454 e. The summed E-state index contributed by atoms with van der Waals surface area (Å²) < 4.78 is 34.4. The summed E-state index contributed by atoms with van der Waals surface area (Å²) in [7, 11) is -3.23. The fourth-order valence-corrected chi connectivity index (χ4v) is 4.96. The lowest BCUT2D eigenvalue weighted by atomic mass is 9.86. The minimum absolute atomic E-state index is 0.212. The maximum atomic E-state index is 13.4. The molecular formula is C26H24O5S. The first kappa shape index (κ1) is 20.8. The van der Waals surface area contributed by atoms with Crippen LogP contribution in [0.15, 0.2) is 65.6 Å². The Bertz CT molecular complexity index is 1320. The van der Waals surface area contributed by atoms with Crippen molar-refractivity contribution in [2.45, 2.75) is 36.5 Å². The topological polar surface area (TPSA) is 69.7 Å². The molecule has 3 aromatic carbocycles. The van der Waals surface area contributed by atoms with E-state index in [1.165, 1.54) is 6.26 Å². The molecule has 32 heavy (non-hydrogen) atoms. The van der Waals surface area contributed by atoms with Crippen molar-refractivity contribution in [3.05, 3.63) is 77.4 Å². The van der Waals surface area contributed by atoms with E-state index in [9.17, 15) is 13.2 Å². The van der Waals surface area contributed by atoms with Gasteiger partial charge in [0.15, 0.2) is 21.3 Å². The smallest absolute Gasteiger partial charge is 0.231 e. The highest BCUT2D eigenvalue weighted by molar-refractivity contribution is 7.90. The second-order valence-electron chi connectivity index (χ2n) is 8.69. The molecule has 164 valence electrons. The Labute approximate surface area is 187 Å². The van der Waals surface area contributed by atoms with Gasteiger partial charge in [0.2, 0.25) is 6.79 Å². The van der Waals surface area contributed by atoms with Crippen LogP contribution in [0.5, 0.6) is 11.5 Å². The van der Waals surface area contributed by atoms with Crippen molar-refractivity contribution < 1.29 is 22.7 Å². The molecule has 0 unspecified atom stereocenters. The van der Waals surface area contributed by atoms with Crippen molar-refractivity contribution in [1.82, 2.24) is 0 Å². The predicted molar refractivity (Wildman–Crippen MR) is 122 cm³/mol. The summed E-state index contributed by atoms with van der Waals surface area (Å²) in [6.45, 7) is 2.23. The number of carbonyl (C=O) groups is 1. The predicted octanol–water partition coefficient (Wildman–Crippen LogP) is 4.64. The van der Waals surface area contributed by atoms with Crippen LogP contribution in [0.1, 0.15) is 29.5 Å². The maximum absolute atomic E-state index is 13.4. The molecule has 1 aliphatic carbocycles. The number of ketones is 1. The highest BCUT2D eigenvalue weighted by Gasteiger charge is 2.50. The first-order valence-corrected chi connectivity index (χ1v) is 12.5. The van der Waals surface area contributed by atoms with Crippen molar-refractivity contribution in [3.8, 4) is 22.6 Å². The molecule has 1 aliphatic heterocycles. The molecule has 5 rings (SSSR count). The zero-order valence-corrected chi connectivity index (χ0v) is 18.9. The molecule has 0 atom stereocenters. The SMILES string of the molecule is Cc1ccc(-c2ccc(S(C)(=O)=O)cc2)cc1CC(=O)C1(c2ccc3c(c2)OCO3)CC1. The number of Topliss-reactive ketones (excluding diaryl/α,β-unsaturated/α-hetero) is 1. The number of sulfone groups is 1. The summed E-state index contributed by atoms with van der Waals surface area (Å²) in [6, 6.07) is 18.7. The Morgan fingerprint density at radius 1 is 0.906 bits per heavy atom. The molecular weight excluding hydrogens is 424 g/mol. The number of hydrogen-bond acceptors (Lipinski definition) is 5. The van der Waals surface area contributed by atoms with Gasteiger partial charge in [0.05, 0.1) is 10.3 Å². The number of hydrogen-bond donors (Lipinski definition) is 0. The molecule has 0 bridgehead atoms. The number of aryl methyl sites for hydroxylation is 1. The fraction of sp³-hybridized carbons (Fsp3) is 0.269. The molecule has 5 nitrogen and oxygen atoms in total. The molecule has 1 fully saturated rings. The van der Waals surface area contributed by atoms with Crippen LogP contribution in [0.2, 0.25) is 0 Å². The summed E-state index contributed by atoms with van der Waals surface area (Å²) in [4.78, 5) is 13.7. The highest BCUT2D eigenvalue weighted by Crippen LogP contribution is 2.51. The molecule has 0 aromatic heterocycles. The van der Waals surface area contributed by atoms with Crippen molar-refractivity contribution in [2.75, 3.05) is 13.0 Å². The number of rotatable bonds is 6. The van der Waals surface area contributed by atoms with Gasteiger partial charge in [0.25, 0.3) is 0 Å². The van der Waals surface area contributed by atoms with Crippen LogP contribution in [-0.4, -0.2) is 27.2 Å². The summed E-state index contributed by atoms with van der Waals surface area (Å²) in [5.41, 5.74) is 4.50. The summed E-state index contributed by atoms with van der Waals surface area (Å²) in [5.74, 6) is 1.64. The van der Waals surface area contributed by atoms with E-state index >= 15 is 0 Å². The first-order valence-electron chi connectivity index (χ1n) is 10.6. The van der Waals surface area contributed by atoms with Crippen molar-refractivity contribution in [2.24, 2.45) is 0 Å². The molecule has 0 spiro atoms. The highest BCUT2D eigenvalue weighted by atomic mass is 32.2. The number of carbonyl (C=O) groups excluding carboxylic acids is 1. The standard InChI is InChI=1S/C26H24O5S/c1-17-3-4-19(18-5-8-22(9-6-18)32(2,28)29)13-20(17)14-25(27)26(11-12-26)21-7-10-23-24(15-21)31-16-30-23/h3-10,13,15H,11-12,14,16H2,1-2H3. The van der Waals surface area contributed by atoms with Crippen LogP contribution in [0.4, 0.5) is 0 Å². The second kappa shape index (κ2) is 7.48. The number of benzene rings is 3. The maximum Gasteiger partial charge on any atom is 0.231 e. The lowest BCUT2D eigenvalue weighted by Gasteiger charge is -2.17. The van der Waals surface area contributed by atoms with Gasteiger partial charge in [-0.2, -0.15) is 0 Å². The Hall–Kier alpha value is -3.12. The van der Waals surface area contributed by atoms with Gasteiger partial charge in [0, 0.05) is 12.7 Å². The van der Waals surface area contributed by atoms with Gasteiger partial charge in [-0.05, 0) is 71.8 Å². The molecule has 3 aromatic rings. The molecule has 6 heteroatoms. The van der Waals surface area contributed by atoms with E-state index in [1.54, 1.807) is 12.1 Å². The zero-order chi connectivity index (χ0) is 22.5. The molecule has 1 heterocycles. The van der Waals surface area contributed by atoms with E-state index < -0.39 is 15.3 Å². The van der Waals surface area contributed by atoms with Crippen molar-refractivity contribution in [3.63, 3.8) is 0 Å². The molecule has 1 saturated carbocycles.